The van der Waals surface area contributed by atoms with E-state index in [2.05, 4.69) is 28.3 Å². The summed E-state index contributed by atoms with van der Waals surface area (Å²) in [6, 6.07) is 6.35. The van der Waals surface area contributed by atoms with Crippen molar-refractivity contribution in [3.8, 4) is 0 Å². The van der Waals surface area contributed by atoms with Crippen LogP contribution >= 0.6 is 0 Å². The molecule has 0 aliphatic carbocycles. The Morgan fingerprint density at radius 1 is 1.36 bits per heavy atom. The molecule has 1 saturated heterocycles. The molecule has 0 saturated carbocycles. The van der Waals surface area contributed by atoms with E-state index in [0.29, 0.717) is 12.0 Å². The highest BCUT2D eigenvalue weighted by molar-refractivity contribution is 5.87. The molecule has 6 heteroatoms. The molecular formula is C19H28N4O2. The Bertz CT molecular complexity index is 698. The van der Waals surface area contributed by atoms with Gasteiger partial charge in [0.1, 0.15) is 17.3 Å². The van der Waals surface area contributed by atoms with Crippen molar-refractivity contribution in [2.45, 2.75) is 52.0 Å². The first-order valence-electron chi connectivity index (χ1n) is 9.12. The number of rotatable bonds is 6. The molecule has 136 valence electrons. The Balaban J connectivity index is 1.47. The maximum absolute atomic E-state index is 11.3. The molecule has 6 nitrogen and oxygen atoms in total. The predicted octanol–water partition coefficient (Wildman–Crippen LogP) is 3.57. The molecule has 0 aromatic carbocycles. The largest absolute Gasteiger partial charge is 0.466 e. The number of likely N-dealkylation sites (tertiary alicyclic amines) is 1. The zero-order valence-corrected chi connectivity index (χ0v) is 15.4. The van der Waals surface area contributed by atoms with Gasteiger partial charge in [0.2, 0.25) is 5.91 Å². The molecule has 0 bridgehead atoms. The summed E-state index contributed by atoms with van der Waals surface area (Å²) in [6.45, 7) is 8.97. The summed E-state index contributed by atoms with van der Waals surface area (Å²) < 4.78 is 7.70. The average molecular weight is 344 g/mol. The minimum Gasteiger partial charge on any atom is -0.466 e. The van der Waals surface area contributed by atoms with Gasteiger partial charge in [-0.25, -0.2) is 4.68 Å². The lowest BCUT2D eigenvalue weighted by Crippen LogP contribution is -2.36. The van der Waals surface area contributed by atoms with Gasteiger partial charge in [-0.15, -0.1) is 0 Å². The Kier molecular flexibility index (Phi) is 5.58. The number of carbonyl (C=O) groups excluding carboxylic acids is 1. The number of carbonyl (C=O) groups is 1. The van der Waals surface area contributed by atoms with E-state index in [1.165, 1.54) is 6.92 Å². The number of nitrogens with one attached hydrogen (secondary N) is 1. The minimum absolute atomic E-state index is 0.0543. The van der Waals surface area contributed by atoms with Gasteiger partial charge in [-0.3, -0.25) is 4.79 Å². The molecular weight excluding hydrogens is 316 g/mol. The lowest BCUT2D eigenvalue weighted by molar-refractivity contribution is -0.114. The fourth-order valence-electron chi connectivity index (χ4n) is 3.51. The van der Waals surface area contributed by atoms with Crippen molar-refractivity contribution in [2.24, 2.45) is 0 Å². The maximum Gasteiger partial charge on any atom is 0.222 e. The third-order valence-electron chi connectivity index (χ3n) is 5.00. The van der Waals surface area contributed by atoms with Gasteiger partial charge in [0.15, 0.2) is 0 Å². The van der Waals surface area contributed by atoms with Crippen LogP contribution in [0, 0.1) is 6.92 Å². The lowest BCUT2D eigenvalue weighted by atomic mass is 10.0. The van der Waals surface area contributed by atoms with E-state index in [4.69, 9.17) is 4.42 Å². The van der Waals surface area contributed by atoms with Crippen LogP contribution < -0.4 is 5.32 Å². The first kappa shape index (κ1) is 17.7. The lowest BCUT2D eigenvalue weighted by Gasteiger charge is -2.33. The molecule has 1 N–H and O–H groups in total. The molecule has 1 aliphatic heterocycles. The minimum atomic E-state index is -0.0543. The SMILES string of the molecule is CC(=O)Nc1ccnn1C1CCN(CCC(C)c2ccc(C)o2)CC1. The Morgan fingerprint density at radius 2 is 2.12 bits per heavy atom. The number of aryl methyl sites for hydroxylation is 1. The number of aromatic nitrogens is 2. The highest BCUT2D eigenvalue weighted by Crippen LogP contribution is 2.27. The third kappa shape index (κ3) is 4.51. The van der Waals surface area contributed by atoms with Crippen molar-refractivity contribution in [3.63, 3.8) is 0 Å². The molecule has 25 heavy (non-hydrogen) atoms. The Morgan fingerprint density at radius 3 is 2.76 bits per heavy atom. The first-order chi connectivity index (χ1) is 12.0. The van der Waals surface area contributed by atoms with Gasteiger partial charge in [0, 0.05) is 32.0 Å². The summed E-state index contributed by atoms with van der Waals surface area (Å²) in [7, 11) is 0. The van der Waals surface area contributed by atoms with Crippen molar-refractivity contribution in [3.05, 3.63) is 35.9 Å². The van der Waals surface area contributed by atoms with Crippen LogP contribution in [0.25, 0.3) is 0 Å². The van der Waals surface area contributed by atoms with Crippen LogP contribution in [-0.4, -0.2) is 40.2 Å². The van der Waals surface area contributed by atoms with E-state index in [0.717, 1.165) is 56.2 Å². The van der Waals surface area contributed by atoms with Crippen molar-refractivity contribution in [1.82, 2.24) is 14.7 Å². The van der Waals surface area contributed by atoms with Crippen LogP contribution in [0.5, 0.6) is 0 Å². The summed E-state index contributed by atoms with van der Waals surface area (Å²) in [5.41, 5.74) is 0. The molecule has 3 heterocycles. The number of piperidine rings is 1. The second-order valence-corrected chi connectivity index (χ2v) is 7.05. The molecule has 1 aliphatic rings. The van der Waals surface area contributed by atoms with Crippen molar-refractivity contribution in [1.29, 1.82) is 0 Å². The number of anilines is 1. The van der Waals surface area contributed by atoms with Crippen LogP contribution in [0.1, 0.15) is 56.6 Å². The smallest absolute Gasteiger partial charge is 0.222 e. The van der Waals surface area contributed by atoms with Crippen molar-refractivity contribution in [2.75, 3.05) is 25.0 Å². The zero-order valence-electron chi connectivity index (χ0n) is 15.4. The molecule has 0 radical (unpaired) electrons. The van der Waals surface area contributed by atoms with Gasteiger partial charge in [-0.2, -0.15) is 5.10 Å². The Labute approximate surface area is 149 Å². The molecule has 1 atom stereocenters. The summed E-state index contributed by atoms with van der Waals surface area (Å²) in [6.07, 6.45) is 4.98. The van der Waals surface area contributed by atoms with Crippen LogP contribution in [0.4, 0.5) is 5.82 Å². The quantitative estimate of drug-likeness (QED) is 0.870. The van der Waals surface area contributed by atoms with E-state index in [1.54, 1.807) is 6.20 Å². The van der Waals surface area contributed by atoms with E-state index in [-0.39, 0.29) is 5.91 Å². The van der Waals surface area contributed by atoms with Crippen LogP contribution in [0.15, 0.2) is 28.8 Å². The van der Waals surface area contributed by atoms with Gasteiger partial charge < -0.3 is 14.6 Å². The third-order valence-corrected chi connectivity index (χ3v) is 5.00. The van der Waals surface area contributed by atoms with Gasteiger partial charge in [-0.1, -0.05) is 6.92 Å². The average Bonchev–Trinajstić information content (AvgIpc) is 3.22. The van der Waals surface area contributed by atoms with Gasteiger partial charge >= 0.3 is 0 Å². The molecule has 1 fully saturated rings. The molecule has 2 aromatic heterocycles. The summed E-state index contributed by atoms with van der Waals surface area (Å²) in [5.74, 6) is 3.26. The maximum atomic E-state index is 11.3. The summed E-state index contributed by atoms with van der Waals surface area (Å²) >= 11 is 0. The molecule has 3 rings (SSSR count). The predicted molar refractivity (Wildman–Crippen MR) is 97.7 cm³/mol. The van der Waals surface area contributed by atoms with Gasteiger partial charge in [-0.05, 0) is 44.9 Å². The highest BCUT2D eigenvalue weighted by Gasteiger charge is 2.23. The van der Waals surface area contributed by atoms with Crippen LogP contribution in [-0.2, 0) is 4.79 Å². The zero-order chi connectivity index (χ0) is 17.8. The summed E-state index contributed by atoms with van der Waals surface area (Å²) in [4.78, 5) is 13.8. The number of amides is 1. The number of hydrogen-bond acceptors (Lipinski definition) is 4. The molecule has 2 aromatic rings. The van der Waals surface area contributed by atoms with E-state index >= 15 is 0 Å². The van der Waals surface area contributed by atoms with Gasteiger partial charge in [0.25, 0.3) is 0 Å². The number of nitrogens with zero attached hydrogens (tertiary/aromatic N) is 3. The standard InChI is InChI=1S/C19H28N4O2/c1-14(18-5-4-15(2)25-18)7-11-22-12-8-17(9-13-22)23-19(6-10-20-23)21-16(3)24/h4-6,10,14,17H,7-9,11-13H2,1-3H3,(H,21,24). The topological polar surface area (TPSA) is 63.3 Å². The Hall–Kier alpha value is -2.08. The summed E-state index contributed by atoms with van der Waals surface area (Å²) in [5, 5.41) is 7.26. The fraction of sp³-hybridized carbons (Fsp3) is 0.579. The van der Waals surface area contributed by atoms with Gasteiger partial charge in [0.05, 0.1) is 12.2 Å². The molecule has 1 amide bonds. The monoisotopic (exact) mass is 344 g/mol. The van der Waals surface area contributed by atoms with E-state index in [1.807, 2.05) is 23.7 Å². The second kappa shape index (κ2) is 7.87. The van der Waals surface area contributed by atoms with E-state index in [9.17, 15) is 4.79 Å². The molecule has 1 unspecified atom stereocenters. The fourth-order valence-corrected chi connectivity index (χ4v) is 3.51. The highest BCUT2D eigenvalue weighted by atomic mass is 16.3. The van der Waals surface area contributed by atoms with Crippen LogP contribution in [0.2, 0.25) is 0 Å². The van der Waals surface area contributed by atoms with Crippen LogP contribution in [0.3, 0.4) is 0 Å². The van der Waals surface area contributed by atoms with E-state index < -0.39 is 0 Å². The number of hydrogen-bond donors (Lipinski definition) is 1. The second-order valence-electron chi connectivity index (χ2n) is 7.05. The van der Waals surface area contributed by atoms with Crippen molar-refractivity contribution < 1.29 is 9.21 Å². The first-order valence-corrected chi connectivity index (χ1v) is 9.12. The number of furan rings is 1. The molecule has 0 spiro atoms. The van der Waals surface area contributed by atoms with Crippen molar-refractivity contribution >= 4 is 11.7 Å². The normalized spacial score (nSPS) is 17.6.